The first-order valence-corrected chi connectivity index (χ1v) is 4.60. The molecule has 1 rings (SSSR count). The summed E-state index contributed by atoms with van der Waals surface area (Å²) in [5.41, 5.74) is 2.76. The molecule has 59 valence electrons. The van der Waals surface area contributed by atoms with Gasteiger partial charge in [0, 0.05) is 5.75 Å². The fourth-order valence-electron chi connectivity index (χ4n) is 1.06. The first-order chi connectivity index (χ1) is 5.36. The summed E-state index contributed by atoms with van der Waals surface area (Å²) in [7, 11) is 0. The molecule has 11 heavy (non-hydrogen) atoms. The molecule has 0 aromatic heterocycles. The van der Waals surface area contributed by atoms with Crippen LogP contribution in [0.15, 0.2) is 24.3 Å². The Hall–Kier alpha value is -0.430. The highest BCUT2D eigenvalue weighted by Crippen LogP contribution is 2.05. The third kappa shape index (κ3) is 2.58. The smallest absolute Gasteiger partial charge is 0.00774 e. The van der Waals surface area contributed by atoms with Crippen LogP contribution < -0.4 is 0 Å². The van der Waals surface area contributed by atoms with Crippen LogP contribution in [0.4, 0.5) is 0 Å². The minimum Gasteiger partial charge on any atom is -0.0938 e. The predicted octanol–water partition coefficient (Wildman–Crippen LogP) is 2.99. The SMILES string of the molecule is CCc1ccc(CC[S])cc1. The monoisotopic (exact) mass is 165 g/mol. The molecule has 0 saturated heterocycles. The Morgan fingerprint density at radius 1 is 1.09 bits per heavy atom. The second-order valence-electron chi connectivity index (χ2n) is 2.62. The van der Waals surface area contributed by atoms with Crippen molar-refractivity contribution in [1.82, 2.24) is 0 Å². The Bertz CT molecular complexity index is 201. The minimum absolute atomic E-state index is 0.825. The van der Waals surface area contributed by atoms with Crippen LogP contribution in [-0.4, -0.2) is 5.75 Å². The average molecular weight is 165 g/mol. The standard InChI is InChI=1S/C10H13S/c1-2-9-3-5-10(6-4-9)7-8-11/h3-6H,2,7-8H2,1H3. The van der Waals surface area contributed by atoms with Crippen LogP contribution in [0.2, 0.25) is 0 Å². The van der Waals surface area contributed by atoms with Gasteiger partial charge < -0.3 is 0 Å². The van der Waals surface area contributed by atoms with Crippen LogP contribution in [0.1, 0.15) is 18.1 Å². The summed E-state index contributed by atoms with van der Waals surface area (Å²) < 4.78 is 0. The number of aryl methyl sites for hydroxylation is 2. The van der Waals surface area contributed by atoms with Crippen molar-refractivity contribution in [3.8, 4) is 0 Å². The van der Waals surface area contributed by atoms with E-state index in [2.05, 4.69) is 31.2 Å². The lowest BCUT2D eigenvalue weighted by Gasteiger charge is -1.99. The normalized spacial score (nSPS) is 10.0. The number of hydrogen-bond donors (Lipinski definition) is 0. The highest BCUT2D eigenvalue weighted by atomic mass is 32.1. The van der Waals surface area contributed by atoms with E-state index in [0.29, 0.717) is 0 Å². The maximum Gasteiger partial charge on any atom is 0.00774 e. The van der Waals surface area contributed by atoms with Gasteiger partial charge in [0.05, 0.1) is 0 Å². The molecule has 1 radical (unpaired) electrons. The molecular formula is C10H13S. The molecule has 0 heterocycles. The van der Waals surface area contributed by atoms with E-state index in [0.717, 1.165) is 18.6 Å². The average Bonchev–Trinajstić information content (AvgIpc) is 2.07. The Morgan fingerprint density at radius 2 is 1.64 bits per heavy atom. The van der Waals surface area contributed by atoms with Crippen molar-refractivity contribution in [3.63, 3.8) is 0 Å². The van der Waals surface area contributed by atoms with Crippen molar-refractivity contribution in [2.24, 2.45) is 0 Å². The number of hydrogen-bond acceptors (Lipinski definition) is 0. The van der Waals surface area contributed by atoms with Crippen LogP contribution in [-0.2, 0) is 12.8 Å². The Labute approximate surface area is 74.0 Å². The van der Waals surface area contributed by atoms with Gasteiger partial charge in [-0.2, -0.15) is 0 Å². The third-order valence-corrected chi connectivity index (χ3v) is 2.03. The van der Waals surface area contributed by atoms with Crippen molar-refractivity contribution in [2.75, 3.05) is 5.75 Å². The van der Waals surface area contributed by atoms with Crippen LogP contribution in [0.3, 0.4) is 0 Å². The first-order valence-electron chi connectivity index (χ1n) is 4.02. The van der Waals surface area contributed by atoms with Crippen LogP contribution in [0, 0.1) is 0 Å². The largest absolute Gasteiger partial charge is 0.0938 e. The predicted molar refractivity (Wildman–Crippen MR) is 52.0 cm³/mol. The zero-order valence-corrected chi connectivity index (χ0v) is 7.66. The van der Waals surface area contributed by atoms with Gasteiger partial charge in [-0.05, 0) is 24.0 Å². The van der Waals surface area contributed by atoms with Crippen molar-refractivity contribution in [3.05, 3.63) is 35.4 Å². The van der Waals surface area contributed by atoms with Crippen molar-refractivity contribution < 1.29 is 0 Å². The molecular weight excluding hydrogens is 152 g/mol. The van der Waals surface area contributed by atoms with Gasteiger partial charge in [-0.3, -0.25) is 0 Å². The molecule has 0 nitrogen and oxygen atoms in total. The van der Waals surface area contributed by atoms with E-state index < -0.39 is 0 Å². The summed E-state index contributed by atoms with van der Waals surface area (Å²) in [5.74, 6) is 0.825. The van der Waals surface area contributed by atoms with Gasteiger partial charge in [0.2, 0.25) is 0 Å². The summed E-state index contributed by atoms with van der Waals surface area (Å²) in [5, 5.41) is 0. The van der Waals surface area contributed by atoms with Gasteiger partial charge in [-0.15, -0.1) is 0 Å². The molecule has 0 unspecified atom stereocenters. The van der Waals surface area contributed by atoms with E-state index in [1.807, 2.05) is 0 Å². The van der Waals surface area contributed by atoms with Crippen molar-refractivity contribution in [2.45, 2.75) is 19.8 Å². The molecule has 0 spiro atoms. The topological polar surface area (TPSA) is 0 Å². The van der Waals surface area contributed by atoms with Crippen molar-refractivity contribution >= 4 is 12.6 Å². The molecule has 0 amide bonds. The highest BCUT2D eigenvalue weighted by molar-refractivity contribution is 7.80. The second kappa shape index (κ2) is 4.45. The lowest BCUT2D eigenvalue weighted by Crippen LogP contribution is -1.86. The summed E-state index contributed by atoms with van der Waals surface area (Å²) in [6, 6.07) is 8.71. The fraction of sp³-hybridized carbons (Fsp3) is 0.400. The molecule has 0 aliphatic rings. The van der Waals surface area contributed by atoms with Crippen LogP contribution in [0.5, 0.6) is 0 Å². The van der Waals surface area contributed by atoms with E-state index in [1.165, 1.54) is 11.1 Å². The molecule has 0 atom stereocenters. The van der Waals surface area contributed by atoms with Gasteiger partial charge in [0.25, 0.3) is 0 Å². The molecule has 1 aromatic carbocycles. The van der Waals surface area contributed by atoms with E-state index in [9.17, 15) is 0 Å². The quantitative estimate of drug-likeness (QED) is 0.646. The molecule has 0 saturated carbocycles. The maximum atomic E-state index is 4.90. The van der Waals surface area contributed by atoms with Crippen molar-refractivity contribution in [1.29, 1.82) is 0 Å². The maximum absolute atomic E-state index is 4.90. The summed E-state index contributed by atoms with van der Waals surface area (Å²) in [6.45, 7) is 2.17. The zero-order valence-electron chi connectivity index (χ0n) is 6.84. The fourth-order valence-corrected chi connectivity index (χ4v) is 1.30. The third-order valence-electron chi connectivity index (χ3n) is 1.82. The first kappa shape index (κ1) is 8.66. The Balaban J connectivity index is 2.66. The molecule has 0 aliphatic heterocycles. The van der Waals surface area contributed by atoms with Gasteiger partial charge in [0.15, 0.2) is 0 Å². The Kier molecular flexibility index (Phi) is 3.50. The molecule has 0 aliphatic carbocycles. The van der Waals surface area contributed by atoms with Crippen LogP contribution in [0.25, 0.3) is 0 Å². The highest BCUT2D eigenvalue weighted by Gasteiger charge is 1.91. The molecule has 0 bridgehead atoms. The van der Waals surface area contributed by atoms with Gasteiger partial charge in [-0.25, -0.2) is 0 Å². The Morgan fingerprint density at radius 3 is 2.09 bits per heavy atom. The zero-order chi connectivity index (χ0) is 8.10. The van der Waals surface area contributed by atoms with Crippen LogP contribution >= 0.6 is 12.6 Å². The molecule has 1 aromatic rings. The van der Waals surface area contributed by atoms with Gasteiger partial charge in [-0.1, -0.05) is 43.8 Å². The van der Waals surface area contributed by atoms with Gasteiger partial charge >= 0.3 is 0 Å². The van der Waals surface area contributed by atoms with E-state index in [1.54, 1.807) is 0 Å². The lowest BCUT2D eigenvalue weighted by molar-refractivity contribution is 1.11. The van der Waals surface area contributed by atoms with E-state index in [-0.39, 0.29) is 0 Å². The second-order valence-corrected chi connectivity index (χ2v) is 3.03. The molecule has 1 heteroatoms. The number of rotatable bonds is 3. The lowest BCUT2D eigenvalue weighted by atomic mass is 10.1. The summed E-state index contributed by atoms with van der Waals surface area (Å²) >= 11 is 4.90. The summed E-state index contributed by atoms with van der Waals surface area (Å²) in [4.78, 5) is 0. The van der Waals surface area contributed by atoms with E-state index in [4.69, 9.17) is 12.6 Å². The number of benzene rings is 1. The minimum atomic E-state index is 0.825. The summed E-state index contributed by atoms with van der Waals surface area (Å²) in [6.07, 6.45) is 2.15. The van der Waals surface area contributed by atoms with Gasteiger partial charge in [0.1, 0.15) is 0 Å². The molecule has 0 N–H and O–H groups in total. The molecule has 0 fully saturated rings. The van der Waals surface area contributed by atoms with E-state index >= 15 is 0 Å².